The first kappa shape index (κ1) is 20.8. The van der Waals surface area contributed by atoms with Gasteiger partial charge in [0.1, 0.15) is 11.8 Å². The van der Waals surface area contributed by atoms with E-state index in [9.17, 15) is 19.2 Å². The summed E-state index contributed by atoms with van der Waals surface area (Å²) in [6, 6.07) is 10.9. The van der Waals surface area contributed by atoms with Crippen molar-refractivity contribution in [3.05, 3.63) is 59.0 Å². The highest BCUT2D eigenvalue weighted by Gasteiger charge is 2.40. The molecule has 0 bridgehead atoms. The molecule has 9 nitrogen and oxygen atoms in total. The van der Waals surface area contributed by atoms with E-state index < -0.39 is 23.8 Å². The van der Waals surface area contributed by atoms with Crippen LogP contribution in [0.5, 0.6) is 5.75 Å². The number of benzene rings is 2. The number of thiazole rings is 1. The zero-order valence-electron chi connectivity index (χ0n) is 17.7. The van der Waals surface area contributed by atoms with E-state index in [0.717, 1.165) is 10.5 Å². The topological polar surface area (TPSA) is 109 Å². The highest BCUT2D eigenvalue weighted by atomic mass is 32.1. The van der Waals surface area contributed by atoms with Crippen LogP contribution in [-0.2, 0) is 9.59 Å². The maximum absolute atomic E-state index is 12.8. The smallest absolute Gasteiger partial charge is 0.264 e. The van der Waals surface area contributed by atoms with Crippen molar-refractivity contribution in [3.63, 3.8) is 0 Å². The lowest BCUT2D eigenvalue weighted by atomic mass is 10.1. The Morgan fingerprint density at radius 3 is 2.52 bits per heavy atom. The summed E-state index contributed by atoms with van der Waals surface area (Å²) in [4.78, 5) is 56.9. The van der Waals surface area contributed by atoms with Crippen molar-refractivity contribution in [2.45, 2.75) is 13.0 Å². The molecule has 0 unspecified atom stereocenters. The van der Waals surface area contributed by atoms with Crippen LogP contribution in [0.4, 0.5) is 10.8 Å². The zero-order chi connectivity index (χ0) is 23.3. The summed E-state index contributed by atoms with van der Waals surface area (Å²) in [5.41, 5.74) is 2.58. The van der Waals surface area contributed by atoms with Gasteiger partial charge in [0.2, 0.25) is 5.91 Å². The fourth-order valence-electron chi connectivity index (χ4n) is 3.78. The van der Waals surface area contributed by atoms with Crippen molar-refractivity contribution >= 4 is 45.8 Å². The van der Waals surface area contributed by atoms with Gasteiger partial charge >= 0.3 is 0 Å². The molecular weight excluding hydrogens is 444 g/mol. The van der Waals surface area contributed by atoms with Gasteiger partial charge in [0.25, 0.3) is 17.7 Å². The molecule has 0 aliphatic carbocycles. The summed E-state index contributed by atoms with van der Waals surface area (Å²) >= 11 is 1.22. The number of imide groups is 1. The summed E-state index contributed by atoms with van der Waals surface area (Å²) in [6.45, 7) is 1.50. The minimum Gasteiger partial charge on any atom is -0.482 e. The maximum atomic E-state index is 12.8. The minimum atomic E-state index is -1.01. The molecule has 0 spiro atoms. The Hall–Kier alpha value is -4.05. The van der Waals surface area contributed by atoms with Crippen LogP contribution >= 0.6 is 11.3 Å². The lowest BCUT2D eigenvalue weighted by Gasteiger charge is -2.26. The Morgan fingerprint density at radius 2 is 1.82 bits per heavy atom. The van der Waals surface area contributed by atoms with Gasteiger partial charge < -0.3 is 15.0 Å². The third-order valence-corrected chi connectivity index (χ3v) is 6.43. The number of likely N-dealkylation sites (N-methyl/N-ethyl adjacent to an activating group) is 1. The molecule has 10 heteroatoms. The normalized spacial score (nSPS) is 15.8. The second kappa shape index (κ2) is 7.82. The van der Waals surface area contributed by atoms with Crippen LogP contribution in [-0.4, -0.2) is 53.2 Å². The molecular formula is C23H18N4O5S. The van der Waals surface area contributed by atoms with E-state index in [0.29, 0.717) is 33.4 Å². The highest BCUT2D eigenvalue weighted by Crippen LogP contribution is 2.36. The van der Waals surface area contributed by atoms with Crippen LogP contribution in [0.15, 0.2) is 47.8 Å². The van der Waals surface area contributed by atoms with Crippen LogP contribution in [0.2, 0.25) is 0 Å². The third-order valence-electron chi connectivity index (χ3n) is 5.67. The van der Waals surface area contributed by atoms with Crippen molar-refractivity contribution in [1.82, 2.24) is 9.88 Å². The number of hydrogen-bond acceptors (Lipinski definition) is 7. The summed E-state index contributed by atoms with van der Waals surface area (Å²) in [6.07, 6.45) is 0. The largest absolute Gasteiger partial charge is 0.482 e. The number of carbonyl (C=O) groups is 4. The molecule has 2 aliphatic rings. The molecule has 1 aromatic heterocycles. The second-order valence-electron chi connectivity index (χ2n) is 7.65. The van der Waals surface area contributed by atoms with Gasteiger partial charge in [-0.1, -0.05) is 12.1 Å². The monoisotopic (exact) mass is 462 g/mol. The first-order chi connectivity index (χ1) is 15.8. The van der Waals surface area contributed by atoms with Gasteiger partial charge in [0, 0.05) is 18.0 Å². The molecule has 2 aromatic carbocycles. The van der Waals surface area contributed by atoms with Gasteiger partial charge in [-0.25, -0.2) is 4.98 Å². The van der Waals surface area contributed by atoms with Gasteiger partial charge in [-0.05, 0) is 37.3 Å². The fourth-order valence-corrected chi connectivity index (χ4v) is 4.50. The molecule has 3 heterocycles. The molecule has 166 valence electrons. The Balaban J connectivity index is 1.33. The molecule has 33 heavy (non-hydrogen) atoms. The number of hydrogen-bond donors (Lipinski definition) is 1. The quantitative estimate of drug-likeness (QED) is 0.598. The first-order valence-corrected chi connectivity index (χ1v) is 11.0. The standard InChI is InChI=1S/C23H18N4O5S/c1-12(27-21(30)14-5-3-4-6-15(14)22(27)31)20(29)25-23-24-16(11-33-23)13-7-8-18-17(9-13)26(2)19(28)10-32-18/h3-9,11-12H,10H2,1-2H3,(H,24,25,29)/t12-/m0/s1. The van der Waals surface area contributed by atoms with Gasteiger partial charge in [-0.3, -0.25) is 24.1 Å². The molecule has 4 amide bonds. The zero-order valence-corrected chi connectivity index (χ0v) is 18.5. The Morgan fingerprint density at radius 1 is 1.12 bits per heavy atom. The predicted molar refractivity (Wildman–Crippen MR) is 121 cm³/mol. The van der Waals surface area contributed by atoms with Crippen molar-refractivity contribution in [2.75, 3.05) is 23.9 Å². The number of nitrogens with zero attached hydrogens (tertiary/aromatic N) is 3. The molecule has 1 atom stereocenters. The van der Waals surface area contributed by atoms with Crippen molar-refractivity contribution in [3.8, 4) is 17.0 Å². The summed E-state index contributed by atoms with van der Waals surface area (Å²) < 4.78 is 5.44. The summed E-state index contributed by atoms with van der Waals surface area (Å²) in [5, 5.41) is 4.79. The number of rotatable bonds is 4. The van der Waals surface area contributed by atoms with E-state index in [-0.39, 0.29) is 12.5 Å². The number of amides is 4. The molecule has 0 saturated carbocycles. The van der Waals surface area contributed by atoms with Crippen LogP contribution in [0.1, 0.15) is 27.6 Å². The maximum Gasteiger partial charge on any atom is 0.264 e. The molecule has 0 fully saturated rings. The molecule has 3 aromatic rings. The number of carbonyl (C=O) groups excluding carboxylic acids is 4. The van der Waals surface area contributed by atoms with E-state index in [1.807, 2.05) is 6.07 Å². The van der Waals surface area contributed by atoms with Gasteiger partial charge in [0.15, 0.2) is 11.7 Å². The van der Waals surface area contributed by atoms with Crippen molar-refractivity contribution < 1.29 is 23.9 Å². The van der Waals surface area contributed by atoms with Crippen LogP contribution < -0.4 is 15.0 Å². The van der Waals surface area contributed by atoms with E-state index in [2.05, 4.69) is 10.3 Å². The molecule has 0 radical (unpaired) electrons. The number of anilines is 2. The number of aromatic nitrogens is 1. The Kier molecular flexibility index (Phi) is 4.94. The van der Waals surface area contributed by atoms with E-state index in [1.54, 1.807) is 48.8 Å². The number of nitrogens with one attached hydrogen (secondary N) is 1. The highest BCUT2D eigenvalue weighted by molar-refractivity contribution is 7.14. The van der Waals surface area contributed by atoms with E-state index in [4.69, 9.17) is 4.74 Å². The molecule has 2 aliphatic heterocycles. The average Bonchev–Trinajstić information content (AvgIpc) is 3.38. The summed E-state index contributed by atoms with van der Waals surface area (Å²) in [5.74, 6) is -1.04. The average molecular weight is 462 g/mol. The predicted octanol–water partition coefficient (Wildman–Crippen LogP) is 2.79. The Labute approximate surface area is 192 Å². The molecule has 0 saturated heterocycles. The molecule has 5 rings (SSSR count). The minimum absolute atomic E-state index is 0.00101. The van der Waals surface area contributed by atoms with Gasteiger partial charge in [-0.2, -0.15) is 0 Å². The van der Waals surface area contributed by atoms with Crippen molar-refractivity contribution in [1.29, 1.82) is 0 Å². The fraction of sp³-hybridized carbons (Fsp3) is 0.174. The first-order valence-electron chi connectivity index (χ1n) is 10.1. The van der Waals surface area contributed by atoms with Crippen molar-refractivity contribution in [2.24, 2.45) is 0 Å². The van der Waals surface area contributed by atoms with Crippen LogP contribution in [0, 0.1) is 0 Å². The van der Waals surface area contributed by atoms with Gasteiger partial charge in [-0.15, -0.1) is 11.3 Å². The van der Waals surface area contributed by atoms with Gasteiger partial charge in [0.05, 0.1) is 22.5 Å². The van der Waals surface area contributed by atoms with Crippen LogP contribution in [0.25, 0.3) is 11.3 Å². The summed E-state index contributed by atoms with van der Waals surface area (Å²) in [7, 11) is 1.68. The lowest BCUT2D eigenvalue weighted by molar-refractivity contribution is -0.121. The van der Waals surface area contributed by atoms with E-state index in [1.165, 1.54) is 23.2 Å². The second-order valence-corrected chi connectivity index (χ2v) is 8.51. The SMILES string of the molecule is C[C@@H](C(=O)Nc1nc(-c2ccc3c(c2)N(C)C(=O)CO3)cs1)N1C(=O)c2ccccc2C1=O. The van der Waals surface area contributed by atoms with E-state index >= 15 is 0 Å². The van der Waals surface area contributed by atoms with Crippen LogP contribution in [0.3, 0.4) is 0 Å². The molecule has 1 N–H and O–H groups in total. The Bertz CT molecular complexity index is 1300. The number of ether oxygens (including phenoxy) is 1. The third kappa shape index (κ3) is 3.44. The number of fused-ring (bicyclic) bond motifs is 2. The lowest BCUT2D eigenvalue weighted by Crippen LogP contribution is -2.45.